The Hall–Kier alpha value is -3.92. The van der Waals surface area contributed by atoms with E-state index in [-0.39, 0.29) is 27.3 Å². The molecule has 2 aromatic carbocycles. The lowest BCUT2D eigenvalue weighted by atomic mass is 9.63. The first kappa shape index (κ1) is 28.6. The minimum atomic E-state index is -4.08. The molecule has 0 aromatic heterocycles. The zero-order valence-electron chi connectivity index (χ0n) is 24.0. The Morgan fingerprint density at radius 1 is 0.829 bits per heavy atom. The van der Waals surface area contributed by atoms with Crippen LogP contribution in [0.3, 0.4) is 0 Å². The molecule has 0 saturated carbocycles. The molecule has 9 nitrogen and oxygen atoms in total. The largest absolute Gasteiger partial charge is 0.497 e. The van der Waals surface area contributed by atoms with Crippen LogP contribution in [0.25, 0.3) is 0 Å². The van der Waals surface area contributed by atoms with Gasteiger partial charge in [-0.25, -0.2) is 0 Å². The van der Waals surface area contributed by atoms with Crippen LogP contribution in [0, 0.1) is 10.8 Å². The van der Waals surface area contributed by atoms with Crippen molar-refractivity contribution in [2.75, 3.05) is 12.0 Å². The van der Waals surface area contributed by atoms with E-state index >= 15 is 0 Å². The minimum absolute atomic E-state index is 0.0122. The molecule has 1 heterocycles. The number of ether oxygens (including phenoxy) is 1. The van der Waals surface area contributed by atoms with Gasteiger partial charge in [0.15, 0.2) is 11.6 Å². The van der Waals surface area contributed by atoms with Crippen molar-refractivity contribution >= 4 is 33.2 Å². The highest BCUT2D eigenvalue weighted by molar-refractivity contribution is 7.90. The molecule has 1 aliphatic heterocycles. The predicted octanol–water partition coefficient (Wildman–Crippen LogP) is 4.55. The number of guanidine groups is 1. The molecule has 0 saturated heterocycles. The second kappa shape index (κ2) is 9.87. The van der Waals surface area contributed by atoms with Crippen molar-refractivity contribution in [3.63, 3.8) is 0 Å². The molecule has 5 rings (SSSR count). The van der Waals surface area contributed by atoms with Crippen molar-refractivity contribution in [3.8, 4) is 5.75 Å². The van der Waals surface area contributed by atoms with Gasteiger partial charge in [-0.15, -0.1) is 4.40 Å². The summed E-state index contributed by atoms with van der Waals surface area (Å²) in [6.07, 6.45) is 1.95. The molecule has 3 aliphatic rings. The first-order valence-corrected chi connectivity index (χ1v) is 15.0. The summed E-state index contributed by atoms with van der Waals surface area (Å²) in [4.78, 5) is 29.9. The number of benzene rings is 2. The maximum absolute atomic E-state index is 14.0. The van der Waals surface area contributed by atoms with Gasteiger partial charge < -0.3 is 21.1 Å². The first-order chi connectivity index (χ1) is 19.1. The predicted molar refractivity (Wildman–Crippen MR) is 158 cm³/mol. The van der Waals surface area contributed by atoms with Crippen molar-refractivity contribution in [1.29, 1.82) is 0 Å². The van der Waals surface area contributed by atoms with E-state index in [1.54, 1.807) is 19.2 Å². The van der Waals surface area contributed by atoms with Crippen LogP contribution in [0.15, 0.2) is 80.4 Å². The number of allylic oxidation sites excluding steroid dienone is 4. The topological polar surface area (TPSA) is 145 Å². The average Bonchev–Trinajstić information content (AvgIpc) is 2.85. The zero-order chi connectivity index (χ0) is 29.9. The van der Waals surface area contributed by atoms with Gasteiger partial charge in [-0.2, -0.15) is 8.42 Å². The van der Waals surface area contributed by atoms with E-state index in [9.17, 15) is 18.0 Å². The second-order valence-corrected chi connectivity index (χ2v) is 14.2. The highest BCUT2D eigenvalue weighted by atomic mass is 32.2. The van der Waals surface area contributed by atoms with Crippen molar-refractivity contribution < 1.29 is 22.7 Å². The number of anilines is 1. The second-order valence-electron chi connectivity index (χ2n) is 12.6. The van der Waals surface area contributed by atoms with E-state index < -0.39 is 21.9 Å². The molecule has 10 heteroatoms. The molecule has 0 fully saturated rings. The fourth-order valence-corrected chi connectivity index (χ4v) is 7.23. The third-order valence-electron chi connectivity index (χ3n) is 7.98. The van der Waals surface area contributed by atoms with Crippen LogP contribution in [-0.4, -0.2) is 33.1 Å². The summed E-state index contributed by atoms with van der Waals surface area (Å²) in [5.74, 6) is -0.324. The molecule has 0 spiro atoms. The lowest BCUT2D eigenvalue weighted by Gasteiger charge is -2.49. The monoisotopic (exact) mass is 576 g/mol. The third-order valence-corrected chi connectivity index (χ3v) is 9.30. The average molecular weight is 577 g/mol. The van der Waals surface area contributed by atoms with Gasteiger partial charge in [-0.1, -0.05) is 39.8 Å². The number of rotatable bonds is 5. The van der Waals surface area contributed by atoms with Crippen molar-refractivity contribution in [2.24, 2.45) is 26.7 Å². The van der Waals surface area contributed by atoms with Crippen molar-refractivity contribution in [3.05, 3.63) is 76.6 Å². The van der Waals surface area contributed by atoms with Gasteiger partial charge in [-0.05, 0) is 65.6 Å². The Morgan fingerprint density at radius 3 is 1.76 bits per heavy atom. The number of hydrogen-bond donors (Lipinski definition) is 2. The molecule has 41 heavy (non-hydrogen) atoms. The maximum atomic E-state index is 14.0. The van der Waals surface area contributed by atoms with E-state index in [1.807, 2.05) is 29.2 Å². The summed E-state index contributed by atoms with van der Waals surface area (Å²) >= 11 is 0. The molecule has 2 aliphatic carbocycles. The molecular weight excluding hydrogens is 540 g/mol. The first-order valence-electron chi connectivity index (χ1n) is 13.5. The number of sulfonamides is 1. The fraction of sp³-hybridized carbons (Fsp3) is 0.387. The summed E-state index contributed by atoms with van der Waals surface area (Å²) in [6, 6.07) is 13.8. The molecular formula is C31H36N4O5S. The van der Waals surface area contributed by atoms with Crippen LogP contribution >= 0.6 is 0 Å². The van der Waals surface area contributed by atoms with Crippen LogP contribution in [-0.2, 0) is 19.6 Å². The zero-order valence-corrected chi connectivity index (χ0v) is 24.8. The molecule has 0 atom stereocenters. The molecule has 2 aromatic rings. The summed E-state index contributed by atoms with van der Waals surface area (Å²) in [7, 11) is -2.48. The van der Waals surface area contributed by atoms with Crippen LogP contribution in [0.2, 0.25) is 0 Å². The number of carbonyl (C=O) groups excluding carboxylic acids is 2. The van der Waals surface area contributed by atoms with Crippen molar-refractivity contribution in [2.45, 2.75) is 64.2 Å². The van der Waals surface area contributed by atoms with Gasteiger partial charge in [0, 0.05) is 47.0 Å². The van der Waals surface area contributed by atoms with Gasteiger partial charge in [-0.3, -0.25) is 9.59 Å². The molecule has 0 amide bonds. The molecule has 0 bridgehead atoms. The lowest BCUT2D eigenvalue weighted by molar-refractivity contribution is -0.119. The van der Waals surface area contributed by atoms with Gasteiger partial charge in [0.05, 0.1) is 12.0 Å². The van der Waals surface area contributed by atoms with Crippen LogP contribution < -0.4 is 21.1 Å². The minimum Gasteiger partial charge on any atom is -0.497 e. The van der Waals surface area contributed by atoms with Gasteiger partial charge in [0.25, 0.3) is 10.0 Å². The Balaban J connectivity index is 1.76. The van der Waals surface area contributed by atoms with Crippen LogP contribution in [0.4, 0.5) is 5.69 Å². The number of ketones is 2. The summed E-state index contributed by atoms with van der Waals surface area (Å²) in [6.45, 7) is 8.28. The number of methoxy groups -OCH3 is 1. The maximum Gasteiger partial charge on any atom is 0.285 e. The van der Waals surface area contributed by atoms with E-state index in [0.29, 0.717) is 48.3 Å². The number of nitrogens with two attached hydrogens (primary N) is 2. The normalized spacial score (nSPS) is 20.5. The third kappa shape index (κ3) is 5.28. The molecule has 216 valence electrons. The highest BCUT2D eigenvalue weighted by Gasteiger charge is 2.49. The summed E-state index contributed by atoms with van der Waals surface area (Å²) < 4.78 is 34.0. The lowest BCUT2D eigenvalue weighted by Crippen LogP contribution is -2.44. The van der Waals surface area contributed by atoms with E-state index in [4.69, 9.17) is 16.2 Å². The van der Waals surface area contributed by atoms with Gasteiger partial charge in [0.1, 0.15) is 5.75 Å². The Morgan fingerprint density at radius 2 is 1.32 bits per heavy atom. The molecule has 0 unspecified atom stereocenters. The molecule has 0 radical (unpaired) electrons. The van der Waals surface area contributed by atoms with Crippen molar-refractivity contribution in [1.82, 2.24) is 0 Å². The Labute approximate surface area is 241 Å². The van der Waals surface area contributed by atoms with Gasteiger partial charge in [0.2, 0.25) is 5.96 Å². The van der Waals surface area contributed by atoms with Crippen LogP contribution in [0.5, 0.6) is 5.75 Å². The number of hydrogen-bond acceptors (Lipinski definition) is 6. The molecule has 4 N–H and O–H groups in total. The van der Waals surface area contributed by atoms with E-state index in [1.165, 1.54) is 12.1 Å². The van der Waals surface area contributed by atoms with E-state index in [2.05, 4.69) is 32.1 Å². The number of Topliss-reactive ketones (excluding diaryl/α,β-unsaturated/α-hetero) is 2. The smallest absolute Gasteiger partial charge is 0.285 e. The quantitative estimate of drug-likeness (QED) is 0.390. The number of carbonyl (C=O) groups is 2. The fourth-order valence-electron chi connectivity index (χ4n) is 6.37. The summed E-state index contributed by atoms with van der Waals surface area (Å²) in [5.41, 5.74) is 14.5. The summed E-state index contributed by atoms with van der Waals surface area (Å²) in [5, 5.41) is 0. The van der Waals surface area contributed by atoms with Crippen LogP contribution in [0.1, 0.15) is 64.9 Å². The SMILES string of the molecule is COc1ccc(C2C3=C(CC(C)(C)CC3=O)N(c3ccc(S(=O)(=O)N=C(N)N)cc3)C3=C2C(=O)CC(C)(C)C3)cc1. The standard InChI is InChI=1S/C31H36N4O5S/c1-30(2)14-22-27(24(36)16-30)26(18-6-10-20(40-5)11-7-18)28-23(15-31(3,4)17-25(28)37)35(22)19-8-12-21(13-9-19)41(38,39)34-29(32)33/h6-13,26H,14-17H2,1-5H3,(H4,32,33,34). The Bertz CT molecular complexity index is 1570. The highest BCUT2D eigenvalue weighted by Crippen LogP contribution is 2.55. The van der Waals surface area contributed by atoms with E-state index in [0.717, 1.165) is 17.0 Å². The number of nitrogens with zero attached hydrogens (tertiary/aromatic N) is 2. The Kier molecular flexibility index (Phi) is 6.88. The van der Waals surface area contributed by atoms with Gasteiger partial charge >= 0.3 is 0 Å².